The molecule has 0 aromatic rings. The monoisotopic (exact) mass is 273 g/mol. The molecule has 1 saturated carbocycles. The van der Waals surface area contributed by atoms with E-state index in [4.69, 9.17) is 14.6 Å². The predicted molar refractivity (Wildman–Crippen MR) is 68.8 cm³/mol. The van der Waals surface area contributed by atoms with Crippen LogP contribution in [-0.4, -0.2) is 50.0 Å². The van der Waals surface area contributed by atoms with E-state index in [1.165, 1.54) is 0 Å². The lowest BCUT2D eigenvalue weighted by Gasteiger charge is -2.26. The van der Waals surface area contributed by atoms with Gasteiger partial charge in [0, 0.05) is 19.6 Å². The molecule has 0 saturated heterocycles. The molecule has 2 N–H and O–H groups in total. The van der Waals surface area contributed by atoms with Crippen LogP contribution in [0.15, 0.2) is 0 Å². The van der Waals surface area contributed by atoms with Crippen LogP contribution in [-0.2, 0) is 19.1 Å². The highest BCUT2D eigenvalue weighted by Crippen LogP contribution is 2.24. The maximum Gasteiger partial charge on any atom is 0.306 e. The first-order valence-corrected chi connectivity index (χ1v) is 6.72. The summed E-state index contributed by atoms with van der Waals surface area (Å²) in [5.74, 6) is -1.00. The molecule has 0 unspecified atom stereocenters. The van der Waals surface area contributed by atoms with Crippen LogP contribution >= 0.6 is 0 Å². The number of carboxylic acids is 1. The van der Waals surface area contributed by atoms with E-state index < -0.39 is 5.97 Å². The standard InChI is InChI=1S/C13H23NO5/c1-18-8-9-19-7-6-12(15)14-11-4-2-10(3-5-11)13(16)17/h10-11H,2-9H2,1H3,(H,14,15)(H,16,17). The second kappa shape index (κ2) is 8.87. The van der Waals surface area contributed by atoms with Gasteiger partial charge in [0.25, 0.3) is 0 Å². The minimum absolute atomic E-state index is 0.0313. The fraction of sp³-hybridized carbons (Fsp3) is 0.846. The van der Waals surface area contributed by atoms with Crippen LogP contribution in [0, 0.1) is 5.92 Å². The summed E-state index contributed by atoms with van der Waals surface area (Å²) in [4.78, 5) is 22.4. The molecule has 19 heavy (non-hydrogen) atoms. The Hall–Kier alpha value is -1.14. The van der Waals surface area contributed by atoms with Crippen molar-refractivity contribution in [3.8, 4) is 0 Å². The molecule has 1 amide bonds. The molecule has 6 heteroatoms. The van der Waals surface area contributed by atoms with Crippen molar-refractivity contribution in [1.29, 1.82) is 0 Å². The van der Waals surface area contributed by atoms with Gasteiger partial charge >= 0.3 is 5.97 Å². The topological polar surface area (TPSA) is 84.9 Å². The second-order valence-corrected chi connectivity index (χ2v) is 4.81. The van der Waals surface area contributed by atoms with Gasteiger partial charge in [0.05, 0.1) is 25.7 Å². The number of aliphatic carboxylic acids is 1. The highest BCUT2D eigenvalue weighted by atomic mass is 16.5. The molecule has 0 aromatic heterocycles. The lowest BCUT2D eigenvalue weighted by atomic mass is 9.86. The van der Waals surface area contributed by atoms with Crippen LogP contribution in [0.3, 0.4) is 0 Å². The molecular formula is C13H23NO5. The quantitative estimate of drug-likeness (QED) is 0.639. The fourth-order valence-electron chi connectivity index (χ4n) is 2.19. The van der Waals surface area contributed by atoms with E-state index in [9.17, 15) is 9.59 Å². The second-order valence-electron chi connectivity index (χ2n) is 4.81. The summed E-state index contributed by atoms with van der Waals surface area (Å²) < 4.78 is 10.0. The summed E-state index contributed by atoms with van der Waals surface area (Å²) in [6.07, 6.45) is 3.11. The highest BCUT2D eigenvalue weighted by molar-refractivity contribution is 5.76. The van der Waals surface area contributed by atoms with Gasteiger partial charge < -0.3 is 19.9 Å². The number of carbonyl (C=O) groups excluding carboxylic acids is 1. The number of hydrogen-bond acceptors (Lipinski definition) is 4. The molecule has 1 fully saturated rings. The SMILES string of the molecule is COCCOCCC(=O)NC1CCC(C(=O)O)CC1. The minimum atomic E-state index is -0.726. The van der Waals surface area contributed by atoms with Gasteiger partial charge in [-0.2, -0.15) is 0 Å². The Morgan fingerprint density at radius 1 is 1.16 bits per heavy atom. The molecule has 0 heterocycles. The number of carboxylic acid groups (broad SMARTS) is 1. The normalized spacial score (nSPS) is 23.0. The van der Waals surface area contributed by atoms with Crippen molar-refractivity contribution in [2.24, 2.45) is 5.92 Å². The molecule has 0 atom stereocenters. The third kappa shape index (κ3) is 6.54. The van der Waals surface area contributed by atoms with Gasteiger partial charge in [0.2, 0.25) is 5.91 Å². The van der Waals surface area contributed by atoms with Crippen LogP contribution in [0.2, 0.25) is 0 Å². The molecule has 0 aliphatic heterocycles. The number of rotatable bonds is 8. The van der Waals surface area contributed by atoms with E-state index in [-0.39, 0.29) is 17.9 Å². The number of nitrogens with one attached hydrogen (secondary N) is 1. The molecule has 110 valence electrons. The van der Waals surface area contributed by atoms with Crippen molar-refractivity contribution in [3.05, 3.63) is 0 Å². The van der Waals surface area contributed by atoms with Crippen molar-refractivity contribution in [2.75, 3.05) is 26.9 Å². The van der Waals surface area contributed by atoms with Crippen LogP contribution in [0.5, 0.6) is 0 Å². The van der Waals surface area contributed by atoms with Gasteiger partial charge in [-0.05, 0) is 25.7 Å². The van der Waals surface area contributed by atoms with Crippen molar-refractivity contribution in [1.82, 2.24) is 5.32 Å². The van der Waals surface area contributed by atoms with Crippen molar-refractivity contribution >= 4 is 11.9 Å². The highest BCUT2D eigenvalue weighted by Gasteiger charge is 2.26. The first-order chi connectivity index (χ1) is 9.13. The zero-order chi connectivity index (χ0) is 14.1. The molecule has 0 bridgehead atoms. The minimum Gasteiger partial charge on any atom is -0.481 e. The Balaban J connectivity index is 2.08. The largest absolute Gasteiger partial charge is 0.481 e. The molecule has 0 radical (unpaired) electrons. The average Bonchev–Trinajstić information content (AvgIpc) is 2.39. The van der Waals surface area contributed by atoms with E-state index in [1.54, 1.807) is 7.11 Å². The maximum absolute atomic E-state index is 11.6. The number of carbonyl (C=O) groups is 2. The number of amides is 1. The summed E-state index contributed by atoms with van der Waals surface area (Å²) in [5, 5.41) is 11.8. The van der Waals surface area contributed by atoms with Crippen LogP contribution < -0.4 is 5.32 Å². The molecule has 1 aliphatic rings. The molecule has 0 spiro atoms. The average molecular weight is 273 g/mol. The molecular weight excluding hydrogens is 250 g/mol. The van der Waals surface area contributed by atoms with E-state index in [0.29, 0.717) is 39.1 Å². The first kappa shape index (κ1) is 15.9. The maximum atomic E-state index is 11.6. The van der Waals surface area contributed by atoms with Crippen molar-refractivity contribution < 1.29 is 24.2 Å². The summed E-state index contributed by atoms with van der Waals surface area (Å²) in [6, 6.07) is 0.113. The van der Waals surface area contributed by atoms with Gasteiger partial charge in [-0.15, -0.1) is 0 Å². The van der Waals surface area contributed by atoms with Crippen molar-refractivity contribution in [3.63, 3.8) is 0 Å². The Labute approximate surface area is 113 Å². The predicted octanol–water partition coefficient (Wildman–Crippen LogP) is 0.799. The van der Waals surface area contributed by atoms with Crippen LogP contribution in [0.25, 0.3) is 0 Å². The summed E-state index contributed by atoms with van der Waals surface area (Å²) in [6.45, 7) is 1.41. The Morgan fingerprint density at radius 3 is 2.42 bits per heavy atom. The molecule has 6 nitrogen and oxygen atoms in total. The van der Waals surface area contributed by atoms with Gasteiger partial charge in [0.15, 0.2) is 0 Å². The Morgan fingerprint density at radius 2 is 1.84 bits per heavy atom. The lowest BCUT2D eigenvalue weighted by Crippen LogP contribution is -2.39. The zero-order valence-corrected chi connectivity index (χ0v) is 11.4. The number of methoxy groups -OCH3 is 1. The van der Waals surface area contributed by atoms with Crippen LogP contribution in [0.4, 0.5) is 0 Å². The molecule has 1 aliphatic carbocycles. The summed E-state index contributed by atoms with van der Waals surface area (Å²) >= 11 is 0. The fourth-order valence-corrected chi connectivity index (χ4v) is 2.19. The summed E-state index contributed by atoms with van der Waals surface area (Å²) in [5.41, 5.74) is 0. The Kier molecular flexibility index (Phi) is 7.43. The molecule has 0 aromatic carbocycles. The number of ether oxygens (including phenoxy) is 2. The third-order valence-electron chi connectivity index (χ3n) is 3.35. The number of hydrogen-bond donors (Lipinski definition) is 2. The van der Waals surface area contributed by atoms with E-state index in [0.717, 1.165) is 12.8 Å². The Bertz CT molecular complexity index is 287. The van der Waals surface area contributed by atoms with E-state index in [2.05, 4.69) is 5.32 Å². The van der Waals surface area contributed by atoms with Crippen LogP contribution in [0.1, 0.15) is 32.1 Å². The summed E-state index contributed by atoms with van der Waals surface area (Å²) in [7, 11) is 1.60. The van der Waals surface area contributed by atoms with Gasteiger partial charge in [-0.1, -0.05) is 0 Å². The lowest BCUT2D eigenvalue weighted by molar-refractivity contribution is -0.142. The molecule has 1 rings (SSSR count). The smallest absolute Gasteiger partial charge is 0.306 e. The third-order valence-corrected chi connectivity index (χ3v) is 3.35. The van der Waals surface area contributed by atoms with Gasteiger partial charge in [-0.3, -0.25) is 9.59 Å². The van der Waals surface area contributed by atoms with Gasteiger partial charge in [-0.25, -0.2) is 0 Å². The zero-order valence-electron chi connectivity index (χ0n) is 11.4. The van der Waals surface area contributed by atoms with Gasteiger partial charge in [0.1, 0.15) is 0 Å². The van der Waals surface area contributed by atoms with E-state index >= 15 is 0 Å². The first-order valence-electron chi connectivity index (χ1n) is 6.72. The van der Waals surface area contributed by atoms with Crippen molar-refractivity contribution in [2.45, 2.75) is 38.1 Å². The van der Waals surface area contributed by atoms with E-state index in [1.807, 2.05) is 0 Å².